The summed E-state index contributed by atoms with van der Waals surface area (Å²) in [6, 6.07) is 0. The van der Waals surface area contributed by atoms with Gasteiger partial charge in [-0.3, -0.25) is 0 Å². The van der Waals surface area contributed by atoms with Crippen LogP contribution in [0.25, 0.3) is 0 Å². The van der Waals surface area contributed by atoms with Crippen LogP contribution < -0.4 is 0 Å². The molecule has 0 atom stereocenters. The second-order valence-electron chi connectivity index (χ2n) is 4.58. The summed E-state index contributed by atoms with van der Waals surface area (Å²) >= 11 is 0. The van der Waals surface area contributed by atoms with Gasteiger partial charge in [-0.25, -0.2) is 13.4 Å². The van der Waals surface area contributed by atoms with Crippen molar-refractivity contribution in [2.45, 2.75) is 45.2 Å². The Morgan fingerprint density at radius 2 is 1.94 bits per heavy atom. The maximum Gasteiger partial charge on any atom is 0.280 e. The summed E-state index contributed by atoms with van der Waals surface area (Å²) < 4.78 is 24.3. The Hall–Kier alpha value is -0.550. The number of halogens is 1. The van der Waals surface area contributed by atoms with Gasteiger partial charge in [-0.15, -0.1) is 0 Å². The van der Waals surface area contributed by atoms with Gasteiger partial charge < -0.3 is 4.57 Å². The van der Waals surface area contributed by atoms with Crippen LogP contribution in [-0.2, 0) is 15.6 Å². The fourth-order valence-electron chi connectivity index (χ4n) is 1.52. The molecule has 16 heavy (non-hydrogen) atoms. The first-order chi connectivity index (χ1) is 7.21. The first-order valence-electron chi connectivity index (χ1n) is 5.23. The highest BCUT2D eigenvalue weighted by Gasteiger charge is 2.19. The minimum Gasteiger partial charge on any atom is -0.333 e. The Kier molecular flexibility index (Phi) is 4.02. The lowest BCUT2D eigenvalue weighted by Crippen LogP contribution is -2.08. The van der Waals surface area contributed by atoms with Crippen molar-refractivity contribution in [2.24, 2.45) is 5.92 Å². The van der Waals surface area contributed by atoms with Gasteiger partial charge in [0.25, 0.3) is 9.05 Å². The van der Waals surface area contributed by atoms with Gasteiger partial charge in [0, 0.05) is 29.3 Å². The van der Waals surface area contributed by atoms with E-state index >= 15 is 0 Å². The molecule has 0 unspecified atom stereocenters. The van der Waals surface area contributed by atoms with Crippen LogP contribution in [-0.4, -0.2) is 18.0 Å². The molecular weight excluding hydrogens is 248 g/mol. The van der Waals surface area contributed by atoms with E-state index in [-0.39, 0.29) is 10.9 Å². The molecule has 1 heterocycles. The molecule has 0 amide bonds. The fourth-order valence-corrected chi connectivity index (χ4v) is 2.20. The van der Waals surface area contributed by atoms with E-state index in [1.165, 1.54) is 6.20 Å². The first kappa shape index (κ1) is 13.5. The molecule has 0 saturated carbocycles. The zero-order valence-corrected chi connectivity index (χ0v) is 11.5. The Bertz CT molecular complexity index is 463. The zero-order valence-electron chi connectivity index (χ0n) is 9.94. The lowest BCUT2D eigenvalue weighted by atomic mass is 10.2. The highest BCUT2D eigenvalue weighted by atomic mass is 35.7. The topological polar surface area (TPSA) is 52.0 Å². The molecule has 6 heteroatoms. The van der Waals surface area contributed by atoms with E-state index in [0.29, 0.717) is 5.92 Å². The number of aromatic nitrogens is 2. The van der Waals surface area contributed by atoms with Crippen molar-refractivity contribution in [3.05, 3.63) is 12.0 Å². The van der Waals surface area contributed by atoms with Gasteiger partial charge in [-0.1, -0.05) is 27.7 Å². The summed E-state index contributed by atoms with van der Waals surface area (Å²) in [5, 5.41) is -0.0569. The van der Waals surface area contributed by atoms with E-state index in [2.05, 4.69) is 18.8 Å². The van der Waals surface area contributed by atoms with Crippen molar-refractivity contribution in [1.29, 1.82) is 0 Å². The minimum atomic E-state index is -3.73. The number of hydrogen-bond acceptors (Lipinski definition) is 3. The van der Waals surface area contributed by atoms with Crippen molar-refractivity contribution < 1.29 is 8.42 Å². The molecule has 92 valence electrons. The van der Waals surface area contributed by atoms with Crippen LogP contribution in [0.2, 0.25) is 0 Å². The molecule has 0 bridgehead atoms. The molecule has 1 aromatic heterocycles. The van der Waals surface area contributed by atoms with Gasteiger partial charge >= 0.3 is 0 Å². The normalized spacial score (nSPS) is 12.7. The van der Waals surface area contributed by atoms with Crippen LogP contribution in [0.5, 0.6) is 0 Å². The summed E-state index contributed by atoms with van der Waals surface area (Å²) in [5.41, 5.74) is 0. The summed E-state index contributed by atoms with van der Waals surface area (Å²) in [6.07, 6.45) is 1.51. The van der Waals surface area contributed by atoms with E-state index in [1.807, 2.05) is 18.4 Å². The van der Waals surface area contributed by atoms with Crippen molar-refractivity contribution in [3.8, 4) is 0 Å². The maximum absolute atomic E-state index is 11.2. The minimum absolute atomic E-state index is 0.0569. The van der Waals surface area contributed by atoms with Gasteiger partial charge in [-0.2, -0.15) is 0 Å². The molecular formula is C10H17ClN2O2S. The van der Waals surface area contributed by atoms with Crippen LogP contribution in [0.1, 0.15) is 39.4 Å². The van der Waals surface area contributed by atoms with Crippen LogP contribution in [0.15, 0.2) is 11.2 Å². The van der Waals surface area contributed by atoms with Crippen molar-refractivity contribution in [1.82, 2.24) is 9.55 Å². The Morgan fingerprint density at radius 1 is 1.38 bits per heavy atom. The third kappa shape index (κ3) is 3.22. The van der Waals surface area contributed by atoms with Crippen molar-refractivity contribution in [3.63, 3.8) is 0 Å². The number of rotatable bonds is 4. The fraction of sp³-hybridized carbons (Fsp3) is 0.700. The number of nitrogens with zero attached hydrogens (tertiary/aromatic N) is 2. The standard InChI is InChI=1S/C10H17ClN2O2S/c1-7(2)5-13-6-9(16(11,14)15)12-10(13)8(3)4/h6-8H,5H2,1-4H3. The molecule has 0 spiro atoms. The smallest absolute Gasteiger partial charge is 0.280 e. The average Bonchev–Trinajstić information content (AvgIpc) is 2.45. The molecule has 0 aliphatic heterocycles. The lowest BCUT2D eigenvalue weighted by Gasteiger charge is -2.11. The monoisotopic (exact) mass is 264 g/mol. The van der Waals surface area contributed by atoms with Crippen LogP contribution in [0.4, 0.5) is 0 Å². The summed E-state index contributed by atoms with van der Waals surface area (Å²) in [5.74, 6) is 1.36. The molecule has 4 nitrogen and oxygen atoms in total. The summed E-state index contributed by atoms with van der Waals surface area (Å²) in [7, 11) is 1.55. The van der Waals surface area contributed by atoms with E-state index in [9.17, 15) is 8.42 Å². The Balaban J connectivity index is 3.20. The third-order valence-corrected chi connectivity index (χ3v) is 3.28. The van der Waals surface area contributed by atoms with Crippen LogP contribution in [0, 0.1) is 5.92 Å². The molecule has 0 radical (unpaired) electrons. The molecule has 1 rings (SSSR count). The quantitative estimate of drug-likeness (QED) is 0.786. The summed E-state index contributed by atoms with van der Waals surface area (Å²) in [4.78, 5) is 4.08. The summed E-state index contributed by atoms with van der Waals surface area (Å²) in [6.45, 7) is 8.83. The molecule has 0 aromatic carbocycles. The molecule has 1 aromatic rings. The molecule has 0 fully saturated rings. The number of hydrogen-bond donors (Lipinski definition) is 0. The SMILES string of the molecule is CC(C)Cn1cc(S(=O)(=O)Cl)nc1C(C)C. The molecule has 0 aliphatic rings. The second-order valence-corrected chi connectivity index (χ2v) is 7.09. The highest BCUT2D eigenvalue weighted by molar-refractivity contribution is 8.13. The van der Waals surface area contributed by atoms with Crippen LogP contribution in [0.3, 0.4) is 0 Å². The maximum atomic E-state index is 11.2. The van der Waals surface area contributed by atoms with Crippen molar-refractivity contribution in [2.75, 3.05) is 0 Å². The molecule has 0 N–H and O–H groups in total. The zero-order chi connectivity index (χ0) is 12.5. The van der Waals surface area contributed by atoms with Gasteiger partial charge in [0.05, 0.1) is 0 Å². The predicted molar refractivity (Wildman–Crippen MR) is 64.2 cm³/mol. The Morgan fingerprint density at radius 3 is 2.31 bits per heavy atom. The van der Waals surface area contributed by atoms with Crippen LogP contribution >= 0.6 is 10.7 Å². The molecule has 0 aliphatic carbocycles. The second kappa shape index (κ2) is 4.75. The third-order valence-electron chi connectivity index (χ3n) is 2.11. The van der Waals surface area contributed by atoms with Gasteiger partial charge in [-0.05, 0) is 5.92 Å². The molecule has 0 saturated heterocycles. The van der Waals surface area contributed by atoms with E-state index in [0.717, 1.165) is 12.4 Å². The Labute approximate surface area is 101 Å². The lowest BCUT2D eigenvalue weighted by molar-refractivity contribution is 0.498. The van der Waals surface area contributed by atoms with E-state index < -0.39 is 9.05 Å². The highest BCUT2D eigenvalue weighted by Crippen LogP contribution is 2.20. The number of imidazole rings is 1. The first-order valence-corrected chi connectivity index (χ1v) is 7.54. The average molecular weight is 265 g/mol. The van der Waals surface area contributed by atoms with E-state index in [4.69, 9.17) is 10.7 Å². The largest absolute Gasteiger partial charge is 0.333 e. The van der Waals surface area contributed by atoms with E-state index in [1.54, 1.807) is 0 Å². The predicted octanol–water partition coefficient (Wildman–Crippen LogP) is 2.59. The van der Waals surface area contributed by atoms with Gasteiger partial charge in [0.2, 0.25) is 0 Å². The van der Waals surface area contributed by atoms with Gasteiger partial charge in [0.1, 0.15) is 5.82 Å². The van der Waals surface area contributed by atoms with Gasteiger partial charge in [0.15, 0.2) is 5.03 Å². The van der Waals surface area contributed by atoms with Crippen molar-refractivity contribution >= 4 is 19.7 Å².